The third-order valence-electron chi connectivity index (χ3n) is 6.53. The van der Waals surface area contributed by atoms with Gasteiger partial charge in [-0.25, -0.2) is 0 Å². The van der Waals surface area contributed by atoms with Gasteiger partial charge >= 0.3 is 0 Å². The third-order valence-corrected chi connectivity index (χ3v) is 7.47. The highest BCUT2D eigenvalue weighted by Gasteiger charge is 2.44. The second kappa shape index (κ2) is 8.52. The zero-order valence-electron chi connectivity index (χ0n) is 19.0. The Kier molecular flexibility index (Phi) is 5.54. The van der Waals surface area contributed by atoms with Crippen molar-refractivity contribution >= 4 is 40.1 Å². The van der Waals surface area contributed by atoms with Crippen LogP contribution in [0.3, 0.4) is 0 Å². The Balaban J connectivity index is 1.64. The number of hydrogen-bond donors (Lipinski definition) is 1. The van der Waals surface area contributed by atoms with Crippen molar-refractivity contribution < 1.29 is 9.59 Å². The molecule has 1 aliphatic heterocycles. The molecule has 5 rings (SSSR count). The van der Waals surface area contributed by atoms with E-state index in [1.165, 1.54) is 0 Å². The van der Waals surface area contributed by atoms with Gasteiger partial charge in [0.05, 0.1) is 23.3 Å². The number of carbonyl (C=O) groups excluding carboxylic acids is 2. The molecular weight excluding hydrogens is 430 g/mol. The molecule has 3 aromatic rings. The highest BCUT2D eigenvalue weighted by atomic mass is 32.1. The number of benzene rings is 2. The first kappa shape index (κ1) is 21.5. The van der Waals surface area contributed by atoms with E-state index in [2.05, 4.69) is 40.6 Å². The van der Waals surface area contributed by atoms with Gasteiger partial charge in [0, 0.05) is 49.6 Å². The molecule has 1 N–H and O–H groups in total. The van der Waals surface area contributed by atoms with E-state index in [-0.39, 0.29) is 23.7 Å². The summed E-state index contributed by atoms with van der Waals surface area (Å²) in [5.74, 6) is -0.359. The average molecular weight is 458 g/mol. The lowest BCUT2D eigenvalue weighted by Crippen LogP contribution is -2.41. The molecule has 2 heterocycles. The molecule has 0 bridgehead atoms. The number of carbonyl (C=O) groups is 2. The summed E-state index contributed by atoms with van der Waals surface area (Å²) in [5.41, 5.74) is 4.78. The van der Waals surface area contributed by atoms with E-state index in [1.807, 2.05) is 55.9 Å². The SMILES string of the molecule is CC(=O)N1c2ccccc2NC2=CC(c3ccc(N(C)C)cc3)CC(=O)C2C1c1cccs1. The van der Waals surface area contributed by atoms with E-state index < -0.39 is 5.92 Å². The quantitative estimate of drug-likeness (QED) is 0.557. The van der Waals surface area contributed by atoms with Gasteiger partial charge in [-0.15, -0.1) is 11.3 Å². The Labute approximate surface area is 198 Å². The van der Waals surface area contributed by atoms with Crippen LogP contribution in [0, 0.1) is 5.92 Å². The Morgan fingerprint density at radius 1 is 1.06 bits per heavy atom. The van der Waals surface area contributed by atoms with Gasteiger partial charge < -0.3 is 15.1 Å². The number of amides is 1. The topological polar surface area (TPSA) is 52.7 Å². The van der Waals surface area contributed by atoms with Crippen LogP contribution >= 0.6 is 11.3 Å². The Morgan fingerprint density at radius 3 is 2.48 bits per heavy atom. The molecule has 0 saturated heterocycles. The number of thiophene rings is 1. The number of fused-ring (bicyclic) bond motifs is 2. The first-order chi connectivity index (χ1) is 15.9. The Hall–Kier alpha value is -3.38. The Bertz CT molecular complexity index is 1210. The molecule has 2 aromatic carbocycles. The van der Waals surface area contributed by atoms with Crippen LogP contribution in [0.15, 0.2) is 77.8 Å². The van der Waals surface area contributed by atoms with Crippen LogP contribution in [0.25, 0.3) is 0 Å². The molecule has 0 fully saturated rings. The normalized spacial score (nSPS) is 21.9. The monoisotopic (exact) mass is 457 g/mol. The molecule has 5 nitrogen and oxygen atoms in total. The molecule has 1 amide bonds. The van der Waals surface area contributed by atoms with Gasteiger partial charge in [-0.1, -0.05) is 36.4 Å². The molecule has 1 aliphatic carbocycles. The van der Waals surface area contributed by atoms with Crippen molar-refractivity contribution in [2.75, 3.05) is 29.2 Å². The van der Waals surface area contributed by atoms with Crippen LogP contribution in [0.4, 0.5) is 17.1 Å². The third kappa shape index (κ3) is 3.85. The summed E-state index contributed by atoms with van der Waals surface area (Å²) in [5, 5.41) is 5.54. The van der Waals surface area contributed by atoms with Crippen LogP contribution < -0.4 is 15.1 Å². The van der Waals surface area contributed by atoms with Gasteiger partial charge in [-0.2, -0.15) is 0 Å². The van der Waals surface area contributed by atoms with Crippen molar-refractivity contribution in [3.8, 4) is 0 Å². The fraction of sp³-hybridized carbons (Fsp3) is 0.259. The van der Waals surface area contributed by atoms with Crippen LogP contribution in [-0.4, -0.2) is 25.8 Å². The van der Waals surface area contributed by atoms with E-state index in [0.717, 1.165) is 33.2 Å². The van der Waals surface area contributed by atoms with Crippen molar-refractivity contribution in [3.63, 3.8) is 0 Å². The average Bonchev–Trinajstić information content (AvgIpc) is 3.28. The number of hydrogen-bond acceptors (Lipinski definition) is 5. The van der Waals surface area contributed by atoms with Crippen molar-refractivity contribution in [1.82, 2.24) is 0 Å². The van der Waals surface area contributed by atoms with Crippen molar-refractivity contribution in [2.45, 2.75) is 25.3 Å². The van der Waals surface area contributed by atoms with Crippen LogP contribution in [0.5, 0.6) is 0 Å². The van der Waals surface area contributed by atoms with Gasteiger partial charge in [0.25, 0.3) is 0 Å². The Morgan fingerprint density at radius 2 is 1.82 bits per heavy atom. The summed E-state index contributed by atoms with van der Waals surface area (Å²) in [6.45, 7) is 1.58. The van der Waals surface area contributed by atoms with E-state index in [0.29, 0.717) is 6.42 Å². The molecule has 0 saturated carbocycles. The maximum absolute atomic E-state index is 13.7. The summed E-state index contributed by atoms with van der Waals surface area (Å²) in [4.78, 5) is 31.6. The summed E-state index contributed by atoms with van der Waals surface area (Å²) < 4.78 is 0. The highest BCUT2D eigenvalue weighted by Crippen LogP contribution is 2.48. The largest absolute Gasteiger partial charge is 0.378 e. The number of nitrogens with zero attached hydrogens (tertiary/aromatic N) is 2. The predicted octanol–water partition coefficient (Wildman–Crippen LogP) is 5.59. The van der Waals surface area contributed by atoms with Crippen LogP contribution in [0.2, 0.25) is 0 Å². The zero-order chi connectivity index (χ0) is 23.1. The lowest BCUT2D eigenvalue weighted by atomic mass is 9.77. The number of rotatable bonds is 3. The van der Waals surface area contributed by atoms with Crippen molar-refractivity contribution in [3.05, 3.63) is 88.3 Å². The molecule has 3 atom stereocenters. The number of allylic oxidation sites excluding steroid dienone is 1. The first-order valence-corrected chi connectivity index (χ1v) is 12.0. The maximum Gasteiger partial charge on any atom is 0.224 e. The minimum absolute atomic E-state index is 0.00696. The fourth-order valence-electron chi connectivity index (χ4n) is 4.96. The van der Waals surface area contributed by atoms with Crippen LogP contribution in [-0.2, 0) is 9.59 Å². The highest BCUT2D eigenvalue weighted by molar-refractivity contribution is 7.10. The van der Waals surface area contributed by atoms with Crippen LogP contribution in [0.1, 0.15) is 35.7 Å². The summed E-state index contributed by atoms with van der Waals surface area (Å²) >= 11 is 1.59. The first-order valence-electron chi connectivity index (χ1n) is 11.1. The smallest absolute Gasteiger partial charge is 0.224 e. The second-order valence-electron chi connectivity index (χ2n) is 8.85. The van der Waals surface area contributed by atoms with E-state index >= 15 is 0 Å². The van der Waals surface area contributed by atoms with E-state index in [4.69, 9.17) is 0 Å². The molecule has 3 unspecified atom stereocenters. The molecule has 168 valence electrons. The lowest BCUT2D eigenvalue weighted by molar-refractivity contribution is -0.123. The molecule has 2 aliphatic rings. The van der Waals surface area contributed by atoms with E-state index in [9.17, 15) is 9.59 Å². The number of ketones is 1. The van der Waals surface area contributed by atoms with Gasteiger partial charge in [-0.3, -0.25) is 9.59 Å². The summed E-state index contributed by atoms with van der Waals surface area (Å²) in [6.07, 6.45) is 2.61. The minimum atomic E-state index is -0.433. The molecule has 1 aromatic heterocycles. The maximum atomic E-state index is 13.7. The lowest BCUT2D eigenvalue weighted by Gasteiger charge is -2.36. The van der Waals surface area contributed by atoms with Gasteiger partial charge in [0.2, 0.25) is 5.91 Å². The molecule has 6 heteroatoms. The number of nitrogens with one attached hydrogen (secondary N) is 1. The summed E-state index contributed by atoms with van der Waals surface area (Å²) in [6, 6.07) is 19.8. The molecule has 33 heavy (non-hydrogen) atoms. The fourth-order valence-corrected chi connectivity index (χ4v) is 5.81. The standard InChI is InChI=1S/C27H27N3O2S/c1-17(31)30-23-8-5-4-7-21(23)28-22-15-19(18-10-12-20(13-11-18)29(2)3)16-24(32)26(22)27(30)25-9-6-14-33-25/h4-15,19,26-28H,16H2,1-3H3. The zero-order valence-corrected chi connectivity index (χ0v) is 19.8. The van der Waals surface area contributed by atoms with Gasteiger partial charge in [0.1, 0.15) is 5.78 Å². The number of anilines is 3. The predicted molar refractivity (Wildman–Crippen MR) is 135 cm³/mol. The minimum Gasteiger partial charge on any atom is -0.378 e. The molecule has 0 radical (unpaired) electrons. The number of Topliss-reactive ketones (excluding diaryl/α,β-unsaturated/α-hetero) is 1. The van der Waals surface area contributed by atoms with E-state index in [1.54, 1.807) is 23.2 Å². The van der Waals surface area contributed by atoms with Crippen molar-refractivity contribution in [2.24, 2.45) is 5.92 Å². The molecular formula is C27H27N3O2S. The second-order valence-corrected chi connectivity index (χ2v) is 9.83. The van der Waals surface area contributed by atoms with Gasteiger partial charge in [-0.05, 0) is 41.3 Å². The number of para-hydroxylation sites is 2. The summed E-state index contributed by atoms with van der Waals surface area (Å²) in [7, 11) is 4.04. The van der Waals surface area contributed by atoms with Crippen molar-refractivity contribution in [1.29, 1.82) is 0 Å². The molecule has 0 spiro atoms. The van der Waals surface area contributed by atoms with Gasteiger partial charge in [0.15, 0.2) is 0 Å².